The number of rotatable bonds is 2. The number of hydrogen-bond donors (Lipinski definition) is 0. The molecule has 5 rings (SSSR count). The number of nitrogens with zero attached hydrogens (tertiary/aromatic N) is 2. The number of pyridine rings is 1. The topological polar surface area (TPSA) is 17.3 Å². The Bertz CT molecular complexity index is 1380. The van der Waals surface area contributed by atoms with Gasteiger partial charge in [0.25, 0.3) is 0 Å². The van der Waals surface area contributed by atoms with Crippen LogP contribution in [0, 0.1) is 0 Å². The van der Waals surface area contributed by atoms with Crippen LogP contribution in [0.4, 0.5) is 0 Å². The summed E-state index contributed by atoms with van der Waals surface area (Å²) in [4.78, 5) is 4.95. The van der Waals surface area contributed by atoms with Crippen LogP contribution in [0.1, 0.15) is 11.1 Å². The molecule has 2 aromatic heterocycles. The van der Waals surface area contributed by atoms with Crippen molar-refractivity contribution in [1.29, 1.82) is 0 Å². The fourth-order valence-corrected chi connectivity index (χ4v) is 4.03. The minimum atomic E-state index is 0.718. The Morgan fingerprint density at radius 2 is 1.73 bits per heavy atom. The first-order valence-corrected chi connectivity index (χ1v) is 8.80. The summed E-state index contributed by atoms with van der Waals surface area (Å²) in [7, 11) is 0. The summed E-state index contributed by atoms with van der Waals surface area (Å²) in [6, 6.07) is 18.4. The molecule has 3 heteroatoms. The maximum absolute atomic E-state index is 6.33. The standard InChI is InChI=1S/C23H15ClN2/c1-3-14-9-11-17-18-13-15(24)10-12-20(18)26-21-8-6-5-7-19(21)25-23(26)22(17)16(14)4-2/h3-13H,1-2H2. The van der Waals surface area contributed by atoms with E-state index in [0.717, 1.165) is 54.5 Å². The van der Waals surface area contributed by atoms with Crippen LogP contribution in [0.15, 0.2) is 67.8 Å². The van der Waals surface area contributed by atoms with Crippen molar-refractivity contribution in [2.75, 3.05) is 0 Å². The van der Waals surface area contributed by atoms with Crippen LogP contribution in [0.25, 0.3) is 50.5 Å². The summed E-state index contributed by atoms with van der Waals surface area (Å²) >= 11 is 6.33. The van der Waals surface area contributed by atoms with E-state index in [1.807, 2.05) is 42.5 Å². The Kier molecular flexibility index (Phi) is 3.18. The molecule has 0 spiro atoms. The molecular formula is C23H15ClN2. The largest absolute Gasteiger partial charge is 0.292 e. The van der Waals surface area contributed by atoms with E-state index >= 15 is 0 Å². The van der Waals surface area contributed by atoms with E-state index in [4.69, 9.17) is 16.6 Å². The molecule has 0 bridgehead atoms. The third-order valence-corrected chi connectivity index (χ3v) is 5.21. The number of para-hydroxylation sites is 2. The smallest absolute Gasteiger partial charge is 0.147 e. The third-order valence-electron chi connectivity index (χ3n) is 4.98. The minimum absolute atomic E-state index is 0.718. The Labute approximate surface area is 155 Å². The molecule has 124 valence electrons. The first-order valence-electron chi connectivity index (χ1n) is 8.43. The first-order chi connectivity index (χ1) is 12.7. The summed E-state index contributed by atoms with van der Waals surface area (Å²) in [5.41, 5.74) is 6.15. The molecule has 2 nitrogen and oxygen atoms in total. The molecule has 3 aromatic carbocycles. The fourth-order valence-electron chi connectivity index (χ4n) is 3.86. The number of imidazole rings is 1. The highest BCUT2D eigenvalue weighted by Gasteiger charge is 2.16. The SMILES string of the molecule is C=Cc1ccc2c3cc(Cl)ccc3n3c4ccccc4nc3c2c1C=C. The summed E-state index contributed by atoms with van der Waals surface area (Å²) in [5.74, 6) is 0. The van der Waals surface area contributed by atoms with Gasteiger partial charge in [0.05, 0.1) is 16.6 Å². The van der Waals surface area contributed by atoms with Crippen molar-refractivity contribution in [3.05, 3.63) is 83.9 Å². The molecule has 0 fully saturated rings. The van der Waals surface area contributed by atoms with Crippen molar-refractivity contribution < 1.29 is 0 Å². The molecule has 0 atom stereocenters. The first kappa shape index (κ1) is 15.2. The number of halogens is 1. The average molecular weight is 355 g/mol. The van der Waals surface area contributed by atoms with E-state index in [1.54, 1.807) is 0 Å². The Balaban J connectivity index is 2.22. The van der Waals surface area contributed by atoms with Gasteiger partial charge in [0, 0.05) is 15.8 Å². The second kappa shape index (κ2) is 5.45. The fraction of sp³-hybridized carbons (Fsp3) is 0. The lowest BCUT2D eigenvalue weighted by atomic mass is 9.97. The lowest BCUT2D eigenvalue weighted by Crippen LogP contribution is -1.94. The van der Waals surface area contributed by atoms with E-state index in [9.17, 15) is 0 Å². The van der Waals surface area contributed by atoms with Crippen LogP contribution < -0.4 is 0 Å². The van der Waals surface area contributed by atoms with Crippen LogP contribution in [0.3, 0.4) is 0 Å². The van der Waals surface area contributed by atoms with Crippen molar-refractivity contribution in [3.63, 3.8) is 0 Å². The average Bonchev–Trinajstić information content (AvgIpc) is 3.06. The maximum atomic E-state index is 6.33. The van der Waals surface area contributed by atoms with Crippen molar-refractivity contribution in [3.8, 4) is 0 Å². The molecule has 0 amide bonds. The second-order valence-corrected chi connectivity index (χ2v) is 6.76. The van der Waals surface area contributed by atoms with Crippen molar-refractivity contribution in [1.82, 2.24) is 9.38 Å². The van der Waals surface area contributed by atoms with Gasteiger partial charge in [-0.15, -0.1) is 0 Å². The molecule has 5 aromatic rings. The van der Waals surface area contributed by atoms with Crippen LogP contribution in [-0.4, -0.2) is 9.38 Å². The molecule has 0 aliphatic heterocycles. The summed E-state index contributed by atoms with van der Waals surface area (Å²) in [6.07, 6.45) is 3.74. The number of aromatic nitrogens is 2. The number of hydrogen-bond acceptors (Lipinski definition) is 1. The molecule has 0 saturated carbocycles. The maximum Gasteiger partial charge on any atom is 0.147 e. The van der Waals surface area contributed by atoms with Crippen molar-refractivity contribution >= 4 is 62.1 Å². The molecule has 0 saturated heterocycles. The number of benzene rings is 3. The highest BCUT2D eigenvalue weighted by Crippen LogP contribution is 2.37. The molecule has 2 heterocycles. The Morgan fingerprint density at radius 3 is 2.54 bits per heavy atom. The van der Waals surface area contributed by atoms with Crippen LogP contribution in [-0.2, 0) is 0 Å². The quantitative estimate of drug-likeness (QED) is 0.321. The van der Waals surface area contributed by atoms with Crippen LogP contribution in [0.2, 0.25) is 5.02 Å². The Morgan fingerprint density at radius 1 is 0.885 bits per heavy atom. The van der Waals surface area contributed by atoms with Crippen molar-refractivity contribution in [2.24, 2.45) is 0 Å². The van der Waals surface area contributed by atoms with E-state index in [-0.39, 0.29) is 0 Å². The third kappa shape index (κ3) is 1.91. The lowest BCUT2D eigenvalue weighted by Gasteiger charge is -2.13. The molecule has 0 radical (unpaired) electrons. The van der Waals surface area contributed by atoms with E-state index in [0.29, 0.717) is 0 Å². The molecule has 0 aliphatic carbocycles. The zero-order chi connectivity index (χ0) is 17.8. The summed E-state index contributed by atoms with van der Waals surface area (Å²) in [5, 5.41) is 4.01. The highest BCUT2D eigenvalue weighted by molar-refractivity contribution is 6.32. The normalized spacial score (nSPS) is 11.6. The Hall–Kier alpha value is -3.10. The molecule has 0 N–H and O–H groups in total. The second-order valence-electron chi connectivity index (χ2n) is 6.32. The summed E-state index contributed by atoms with van der Waals surface area (Å²) in [6.45, 7) is 7.99. The number of fused-ring (bicyclic) bond motifs is 8. The lowest BCUT2D eigenvalue weighted by molar-refractivity contribution is 1.31. The molecule has 26 heavy (non-hydrogen) atoms. The van der Waals surface area contributed by atoms with E-state index < -0.39 is 0 Å². The summed E-state index contributed by atoms with van der Waals surface area (Å²) < 4.78 is 2.21. The highest BCUT2D eigenvalue weighted by atomic mass is 35.5. The predicted molar refractivity (Wildman–Crippen MR) is 113 cm³/mol. The van der Waals surface area contributed by atoms with E-state index in [2.05, 4.69) is 41.8 Å². The monoisotopic (exact) mass is 354 g/mol. The van der Waals surface area contributed by atoms with Gasteiger partial charge in [0.2, 0.25) is 0 Å². The van der Waals surface area contributed by atoms with Gasteiger partial charge in [-0.05, 0) is 46.8 Å². The van der Waals surface area contributed by atoms with Crippen LogP contribution in [0.5, 0.6) is 0 Å². The van der Waals surface area contributed by atoms with Gasteiger partial charge >= 0.3 is 0 Å². The van der Waals surface area contributed by atoms with Gasteiger partial charge in [-0.25, -0.2) is 4.98 Å². The molecule has 0 unspecified atom stereocenters. The van der Waals surface area contributed by atoms with Gasteiger partial charge in [-0.2, -0.15) is 0 Å². The zero-order valence-corrected chi connectivity index (χ0v) is 14.8. The molecular weight excluding hydrogens is 340 g/mol. The van der Waals surface area contributed by atoms with Crippen molar-refractivity contribution in [2.45, 2.75) is 0 Å². The van der Waals surface area contributed by atoms with Gasteiger partial charge in [-0.1, -0.05) is 61.2 Å². The van der Waals surface area contributed by atoms with Gasteiger partial charge < -0.3 is 0 Å². The minimum Gasteiger partial charge on any atom is -0.292 e. The van der Waals surface area contributed by atoms with Gasteiger partial charge in [0.15, 0.2) is 0 Å². The van der Waals surface area contributed by atoms with Gasteiger partial charge in [-0.3, -0.25) is 4.40 Å². The van der Waals surface area contributed by atoms with Crippen LogP contribution >= 0.6 is 11.6 Å². The van der Waals surface area contributed by atoms with Gasteiger partial charge in [0.1, 0.15) is 5.65 Å². The zero-order valence-electron chi connectivity index (χ0n) is 14.0. The molecule has 0 aliphatic rings. The van der Waals surface area contributed by atoms with E-state index in [1.165, 1.54) is 0 Å². The predicted octanol–water partition coefficient (Wildman–Crippen LogP) is 6.73.